The summed E-state index contributed by atoms with van der Waals surface area (Å²) in [6.07, 6.45) is 3.29. The number of hydrogen-bond donors (Lipinski definition) is 2. The van der Waals surface area contributed by atoms with Crippen molar-refractivity contribution in [2.24, 2.45) is 16.6 Å². The summed E-state index contributed by atoms with van der Waals surface area (Å²) in [6, 6.07) is 10.4. The molecular formula is C15H26IN3. The van der Waals surface area contributed by atoms with Crippen molar-refractivity contribution in [3.05, 3.63) is 35.9 Å². The van der Waals surface area contributed by atoms with E-state index in [0.717, 1.165) is 31.8 Å². The van der Waals surface area contributed by atoms with Crippen LogP contribution >= 0.6 is 24.0 Å². The summed E-state index contributed by atoms with van der Waals surface area (Å²) in [5, 5.41) is 3.15. The zero-order valence-corrected chi connectivity index (χ0v) is 14.3. The molecule has 0 fully saturated rings. The van der Waals surface area contributed by atoms with Crippen LogP contribution in [0.5, 0.6) is 0 Å². The first-order chi connectivity index (χ1) is 8.68. The highest BCUT2D eigenvalue weighted by Gasteiger charge is 1.95. The molecule has 3 N–H and O–H groups in total. The number of rotatable bonds is 7. The van der Waals surface area contributed by atoms with Crippen molar-refractivity contribution >= 4 is 29.9 Å². The van der Waals surface area contributed by atoms with Gasteiger partial charge in [-0.25, -0.2) is 0 Å². The molecule has 0 saturated carbocycles. The third kappa shape index (κ3) is 9.76. The van der Waals surface area contributed by atoms with Gasteiger partial charge >= 0.3 is 0 Å². The molecule has 1 aromatic carbocycles. The fourth-order valence-electron chi connectivity index (χ4n) is 1.73. The van der Waals surface area contributed by atoms with Gasteiger partial charge < -0.3 is 11.1 Å². The quantitative estimate of drug-likeness (QED) is 0.333. The molecular weight excluding hydrogens is 349 g/mol. The summed E-state index contributed by atoms with van der Waals surface area (Å²) >= 11 is 0. The number of nitrogens with one attached hydrogen (secondary N) is 1. The second-order valence-electron chi connectivity index (χ2n) is 4.97. The van der Waals surface area contributed by atoms with E-state index in [2.05, 4.69) is 48.4 Å². The Morgan fingerprint density at radius 2 is 1.95 bits per heavy atom. The molecule has 0 saturated heterocycles. The van der Waals surface area contributed by atoms with Gasteiger partial charge in [0, 0.05) is 13.1 Å². The van der Waals surface area contributed by atoms with Gasteiger partial charge in [0.1, 0.15) is 0 Å². The van der Waals surface area contributed by atoms with Crippen molar-refractivity contribution in [3.63, 3.8) is 0 Å². The van der Waals surface area contributed by atoms with Crippen LogP contribution in [0.25, 0.3) is 0 Å². The van der Waals surface area contributed by atoms with Gasteiger partial charge in [0.15, 0.2) is 5.96 Å². The van der Waals surface area contributed by atoms with Crippen LogP contribution in [0, 0.1) is 5.92 Å². The summed E-state index contributed by atoms with van der Waals surface area (Å²) in [7, 11) is 0. The first-order valence-corrected chi connectivity index (χ1v) is 6.76. The van der Waals surface area contributed by atoms with Gasteiger partial charge in [-0.05, 0) is 30.7 Å². The van der Waals surface area contributed by atoms with Crippen molar-refractivity contribution in [1.82, 2.24) is 5.32 Å². The minimum atomic E-state index is 0. The summed E-state index contributed by atoms with van der Waals surface area (Å²) in [5.41, 5.74) is 7.11. The van der Waals surface area contributed by atoms with Crippen LogP contribution in [0.1, 0.15) is 32.3 Å². The lowest BCUT2D eigenvalue weighted by atomic mass is 10.1. The molecule has 1 rings (SSSR count). The molecule has 0 unspecified atom stereocenters. The average molecular weight is 375 g/mol. The molecule has 108 valence electrons. The van der Waals surface area contributed by atoms with Crippen molar-refractivity contribution in [1.29, 1.82) is 0 Å². The second-order valence-corrected chi connectivity index (χ2v) is 4.97. The van der Waals surface area contributed by atoms with Crippen LogP contribution in [0.4, 0.5) is 0 Å². The lowest BCUT2D eigenvalue weighted by Crippen LogP contribution is -2.33. The van der Waals surface area contributed by atoms with Gasteiger partial charge in [0.2, 0.25) is 0 Å². The Morgan fingerprint density at radius 1 is 1.26 bits per heavy atom. The normalized spacial score (nSPS) is 11.2. The first kappa shape index (κ1) is 18.2. The summed E-state index contributed by atoms with van der Waals surface area (Å²) in [5.74, 6) is 1.31. The Labute approximate surface area is 134 Å². The van der Waals surface area contributed by atoms with Gasteiger partial charge in [-0.3, -0.25) is 4.99 Å². The maximum atomic E-state index is 5.79. The SMILES string of the molecule is CC(C)CCCN=C(N)NCCc1ccccc1.I. The monoisotopic (exact) mass is 375 g/mol. The maximum absolute atomic E-state index is 5.79. The van der Waals surface area contributed by atoms with Crippen LogP contribution < -0.4 is 11.1 Å². The highest BCUT2D eigenvalue weighted by molar-refractivity contribution is 14.0. The lowest BCUT2D eigenvalue weighted by Gasteiger charge is -2.06. The van der Waals surface area contributed by atoms with E-state index >= 15 is 0 Å². The van der Waals surface area contributed by atoms with E-state index in [0.29, 0.717) is 5.96 Å². The molecule has 1 aromatic rings. The van der Waals surface area contributed by atoms with Gasteiger partial charge in [-0.15, -0.1) is 24.0 Å². The zero-order valence-electron chi connectivity index (χ0n) is 11.9. The molecule has 0 spiro atoms. The molecule has 0 aliphatic rings. The zero-order chi connectivity index (χ0) is 13.2. The number of nitrogens with two attached hydrogens (primary N) is 1. The Balaban J connectivity index is 0.00000324. The van der Waals surface area contributed by atoms with Crippen LogP contribution in [0.2, 0.25) is 0 Å². The molecule has 0 atom stereocenters. The highest BCUT2D eigenvalue weighted by atomic mass is 127. The second kappa shape index (κ2) is 11.1. The van der Waals surface area contributed by atoms with Crippen molar-refractivity contribution in [2.45, 2.75) is 33.1 Å². The molecule has 0 heterocycles. The van der Waals surface area contributed by atoms with Crippen molar-refractivity contribution in [3.8, 4) is 0 Å². The Hall–Kier alpha value is -0.780. The van der Waals surface area contributed by atoms with Crippen LogP contribution in [0.3, 0.4) is 0 Å². The van der Waals surface area contributed by atoms with E-state index in [4.69, 9.17) is 5.73 Å². The Morgan fingerprint density at radius 3 is 2.58 bits per heavy atom. The number of nitrogens with zero attached hydrogens (tertiary/aromatic N) is 1. The molecule has 0 amide bonds. The van der Waals surface area contributed by atoms with E-state index in [9.17, 15) is 0 Å². The van der Waals surface area contributed by atoms with E-state index in [1.807, 2.05) is 6.07 Å². The Bertz CT molecular complexity index is 350. The molecule has 0 radical (unpaired) electrons. The number of aliphatic imine (C=N–C) groups is 1. The number of halogens is 1. The minimum Gasteiger partial charge on any atom is -0.370 e. The Kier molecular flexibility index (Phi) is 10.6. The number of guanidine groups is 1. The van der Waals surface area contributed by atoms with Crippen LogP contribution in [0.15, 0.2) is 35.3 Å². The van der Waals surface area contributed by atoms with Crippen LogP contribution in [-0.4, -0.2) is 19.0 Å². The topological polar surface area (TPSA) is 50.4 Å². The van der Waals surface area contributed by atoms with Crippen molar-refractivity contribution < 1.29 is 0 Å². The van der Waals surface area contributed by atoms with Crippen molar-refractivity contribution in [2.75, 3.05) is 13.1 Å². The van der Waals surface area contributed by atoms with Gasteiger partial charge in [0.05, 0.1) is 0 Å². The third-order valence-electron chi connectivity index (χ3n) is 2.78. The van der Waals surface area contributed by atoms with E-state index in [1.54, 1.807) is 0 Å². The standard InChI is InChI=1S/C15H25N3.HI/c1-13(2)7-6-11-17-15(16)18-12-10-14-8-4-3-5-9-14;/h3-5,8-9,13H,6-7,10-12H2,1-2H3,(H3,16,17,18);1H. The summed E-state index contributed by atoms with van der Waals surface area (Å²) in [4.78, 5) is 4.31. The maximum Gasteiger partial charge on any atom is 0.188 e. The molecule has 4 heteroatoms. The number of benzene rings is 1. The smallest absolute Gasteiger partial charge is 0.188 e. The predicted octanol–water partition coefficient (Wildman–Crippen LogP) is 3.19. The summed E-state index contributed by atoms with van der Waals surface area (Å²) < 4.78 is 0. The highest BCUT2D eigenvalue weighted by Crippen LogP contribution is 2.02. The third-order valence-corrected chi connectivity index (χ3v) is 2.78. The predicted molar refractivity (Wildman–Crippen MR) is 94.1 cm³/mol. The molecule has 19 heavy (non-hydrogen) atoms. The summed E-state index contributed by atoms with van der Waals surface area (Å²) in [6.45, 7) is 6.11. The largest absolute Gasteiger partial charge is 0.370 e. The molecule has 0 aromatic heterocycles. The minimum absolute atomic E-state index is 0. The lowest BCUT2D eigenvalue weighted by molar-refractivity contribution is 0.561. The van der Waals surface area contributed by atoms with Gasteiger partial charge in [-0.2, -0.15) is 0 Å². The van der Waals surface area contributed by atoms with Gasteiger partial charge in [0.25, 0.3) is 0 Å². The first-order valence-electron chi connectivity index (χ1n) is 6.76. The molecule has 0 aliphatic heterocycles. The van der Waals surface area contributed by atoms with E-state index in [1.165, 1.54) is 12.0 Å². The fourth-order valence-corrected chi connectivity index (χ4v) is 1.73. The fraction of sp³-hybridized carbons (Fsp3) is 0.533. The van der Waals surface area contributed by atoms with E-state index in [-0.39, 0.29) is 24.0 Å². The average Bonchev–Trinajstić information content (AvgIpc) is 2.36. The molecule has 3 nitrogen and oxygen atoms in total. The molecule has 0 aliphatic carbocycles. The van der Waals surface area contributed by atoms with E-state index < -0.39 is 0 Å². The van der Waals surface area contributed by atoms with Crippen LogP contribution in [-0.2, 0) is 6.42 Å². The van der Waals surface area contributed by atoms with Gasteiger partial charge in [-0.1, -0.05) is 44.2 Å². The molecule has 0 bridgehead atoms. The number of hydrogen-bond acceptors (Lipinski definition) is 1.